The van der Waals surface area contributed by atoms with Crippen molar-refractivity contribution in [1.82, 2.24) is 0 Å². The van der Waals surface area contributed by atoms with E-state index in [0.29, 0.717) is 6.61 Å². The highest BCUT2D eigenvalue weighted by Crippen LogP contribution is 2.57. The zero-order valence-corrected chi connectivity index (χ0v) is 15.3. The number of hydrogen-bond donors (Lipinski definition) is 0. The highest BCUT2D eigenvalue weighted by Gasteiger charge is 2.52. The molecule has 0 N–H and O–H groups in total. The fourth-order valence-corrected chi connectivity index (χ4v) is 5.80. The highest BCUT2D eigenvalue weighted by molar-refractivity contribution is 7.99. The van der Waals surface area contributed by atoms with Crippen LogP contribution in [-0.2, 0) is 9.53 Å². The van der Waals surface area contributed by atoms with Gasteiger partial charge in [-0.1, -0.05) is 37.3 Å². The molecule has 1 aliphatic carbocycles. The van der Waals surface area contributed by atoms with Gasteiger partial charge in [-0.3, -0.25) is 4.79 Å². The molecular formula is C21H20O4S. The summed E-state index contributed by atoms with van der Waals surface area (Å²) in [6, 6.07) is 14.5. The van der Waals surface area contributed by atoms with Gasteiger partial charge in [-0.25, -0.2) is 0 Å². The van der Waals surface area contributed by atoms with E-state index in [-0.39, 0.29) is 35.8 Å². The summed E-state index contributed by atoms with van der Waals surface area (Å²) in [6.07, 6.45) is 0. The van der Waals surface area contributed by atoms with Gasteiger partial charge in [0.15, 0.2) is 11.5 Å². The predicted octanol–water partition coefficient (Wildman–Crippen LogP) is 4.14. The van der Waals surface area contributed by atoms with E-state index in [9.17, 15) is 4.79 Å². The van der Waals surface area contributed by atoms with Gasteiger partial charge in [-0.2, -0.15) is 11.8 Å². The van der Waals surface area contributed by atoms with E-state index < -0.39 is 0 Å². The molecule has 2 aromatic rings. The molecule has 1 fully saturated rings. The first-order valence-corrected chi connectivity index (χ1v) is 10.1. The zero-order valence-electron chi connectivity index (χ0n) is 14.5. The summed E-state index contributed by atoms with van der Waals surface area (Å²) in [7, 11) is 0. The molecule has 5 heteroatoms. The molecule has 0 amide bonds. The predicted molar refractivity (Wildman–Crippen MR) is 99.7 cm³/mol. The van der Waals surface area contributed by atoms with Gasteiger partial charge in [0.25, 0.3) is 0 Å². The normalized spacial score (nSPS) is 28.4. The van der Waals surface area contributed by atoms with Crippen LogP contribution in [0.4, 0.5) is 0 Å². The maximum absolute atomic E-state index is 12.7. The Morgan fingerprint density at radius 1 is 1.04 bits per heavy atom. The standard InChI is InChI=1S/C21H20O4S/c1-2-26-20-14-9-17-16(24-11-25-17)8-13(14)18(12-6-4-3-5-7-12)19-15(20)10-23-21(19)22/h3-9,15,18-20H,2,10-11H2,1H3/t15-,18+,19+,20-/m0/s1. The third-order valence-electron chi connectivity index (χ3n) is 5.62. The average Bonchev–Trinajstić information content (AvgIpc) is 3.28. The third-order valence-corrected chi connectivity index (χ3v) is 6.92. The number of carbonyl (C=O) groups is 1. The van der Waals surface area contributed by atoms with Crippen LogP contribution in [0.5, 0.6) is 11.5 Å². The van der Waals surface area contributed by atoms with Crippen molar-refractivity contribution in [3.63, 3.8) is 0 Å². The number of esters is 1. The second-order valence-electron chi connectivity index (χ2n) is 6.92. The van der Waals surface area contributed by atoms with Crippen LogP contribution in [0.1, 0.15) is 34.8 Å². The summed E-state index contributed by atoms with van der Waals surface area (Å²) >= 11 is 1.89. The molecule has 2 heterocycles. The van der Waals surface area contributed by atoms with Crippen molar-refractivity contribution in [2.45, 2.75) is 18.1 Å². The van der Waals surface area contributed by atoms with Crippen LogP contribution in [0.3, 0.4) is 0 Å². The fourth-order valence-electron chi connectivity index (χ4n) is 4.57. The maximum Gasteiger partial charge on any atom is 0.310 e. The molecular weight excluding hydrogens is 348 g/mol. The second kappa shape index (κ2) is 6.23. The van der Waals surface area contributed by atoms with Gasteiger partial charge >= 0.3 is 5.97 Å². The Bertz CT molecular complexity index is 851. The Morgan fingerprint density at radius 2 is 1.77 bits per heavy atom. The number of ether oxygens (including phenoxy) is 3. The molecule has 0 spiro atoms. The van der Waals surface area contributed by atoms with E-state index in [4.69, 9.17) is 14.2 Å². The number of carbonyl (C=O) groups excluding carboxylic acids is 1. The minimum atomic E-state index is -0.144. The lowest BCUT2D eigenvalue weighted by atomic mass is 9.67. The smallest absolute Gasteiger partial charge is 0.310 e. The number of hydrogen-bond acceptors (Lipinski definition) is 5. The molecule has 0 saturated carbocycles. The van der Waals surface area contributed by atoms with Crippen LogP contribution < -0.4 is 9.47 Å². The van der Waals surface area contributed by atoms with Gasteiger partial charge in [-0.15, -0.1) is 0 Å². The van der Waals surface area contributed by atoms with Crippen LogP contribution in [-0.4, -0.2) is 25.1 Å². The second-order valence-corrected chi connectivity index (χ2v) is 8.34. The van der Waals surface area contributed by atoms with Crippen molar-refractivity contribution in [1.29, 1.82) is 0 Å². The van der Waals surface area contributed by atoms with Gasteiger partial charge < -0.3 is 14.2 Å². The Hall–Kier alpha value is -2.14. The van der Waals surface area contributed by atoms with E-state index in [2.05, 4.69) is 31.2 Å². The van der Waals surface area contributed by atoms with Crippen molar-refractivity contribution >= 4 is 17.7 Å². The minimum Gasteiger partial charge on any atom is -0.465 e. The lowest BCUT2D eigenvalue weighted by molar-refractivity contribution is -0.141. The Morgan fingerprint density at radius 3 is 2.50 bits per heavy atom. The largest absolute Gasteiger partial charge is 0.465 e. The number of thioether (sulfide) groups is 1. The Kier molecular flexibility index (Phi) is 3.85. The SMILES string of the molecule is CCS[C@H]1c2cc3c(cc2[C@@H](c2ccccc2)[C@@H]2C(=O)OC[C@@H]21)OCO3. The van der Waals surface area contributed by atoms with Gasteiger partial charge in [0.2, 0.25) is 6.79 Å². The molecule has 3 aliphatic rings. The molecule has 2 aliphatic heterocycles. The Balaban J connectivity index is 1.73. The first-order chi connectivity index (χ1) is 12.8. The summed E-state index contributed by atoms with van der Waals surface area (Å²) < 4.78 is 16.8. The van der Waals surface area contributed by atoms with Gasteiger partial charge in [0.1, 0.15) is 0 Å². The molecule has 26 heavy (non-hydrogen) atoms. The van der Waals surface area contributed by atoms with Crippen molar-refractivity contribution < 1.29 is 19.0 Å². The fraction of sp³-hybridized carbons (Fsp3) is 0.381. The summed E-state index contributed by atoms with van der Waals surface area (Å²) in [5, 5.41) is 0.237. The van der Waals surface area contributed by atoms with Gasteiger partial charge in [0.05, 0.1) is 12.5 Å². The third kappa shape index (κ3) is 2.33. The van der Waals surface area contributed by atoms with Crippen LogP contribution in [0.2, 0.25) is 0 Å². The minimum absolute atomic E-state index is 0.00518. The van der Waals surface area contributed by atoms with E-state index in [0.717, 1.165) is 22.8 Å². The number of fused-ring (bicyclic) bond motifs is 3. The van der Waals surface area contributed by atoms with Crippen molar-refractivity contribution in [2.75, 3.05) is 19.2 Å². The van der Waals surface area contributed by atoms with Crippen molar-refractivity contribution in [3.05, 3.63) is 59.2 Å². The summed E-state index contributed by atoms with van der Waals surface area (Å²) in [5.41, 5.74) is 3.59. The first kappa shape index (κ1) is 16.1. The summed E-state index contributed by atoms with van der Waals surface area (Å²) in [4.78, 5) is 12.7. The number of cyclic esters (lactones) is 1. The quantitative estimate of drug-likeness (QED) is 0.762. The van der Waals surface area contributed by atoms with Crippen LogP contribution in [0.25, 0.3) is 0 Å². The van der Waals surface area contributed by atoms with E-state index in [1.165, 1.54) is 11.1 Å². The maximum atomic E-state index is 12.7. The topological polar surface area (TPSA) is 44.8 Å². The molecule has 0 bridgehead atoms. The number of benzene rings is 2. The average molecular weight is 368 g/mol. The molecule has 2 aromatic carbocycles. The molecule has 4 atom stereocenters. The molecule has 5 rings (SSSR count). The lowest BCUT2D eigenvalue weighted by Crippen LogP contribution is -2.33. The van der Waals surface area contributed by atoms with Gasteiger partial charge in [0, 0.05) is 17.1 Å². The summed E-state index contributed by atoms with van der Waals surface area (Å²) in [5.74, 6) is 2.53. The Labute approximate surface area is 156 Å². The first-order valence-electron chi connectivity index (χ1n) is 9.04. The molecule has 1 saturated heterocycles. The molecule has 0 aromatic heterocycles. The summed E-state index contributed by atoms with van der Waals surface area (Å²) in [6.45, 7) is 2.92. The molecule has 0 unspecified atom stereocenters. The zero-order chi connectivity index (χ0) is 17.7. The number of rotatable bonds is 3. The molecule has 0 radical (unpaired) electrons. The van der Waals surface area contributed by atoms with Gasteiger partial charge in [-0.05, 0) is 34.6 Å². The molecule has 134 valence electrons. The van der Waals surface area contributed by atoms with Crippen molar-refractivity contribution in [3.8, 4) is 11.5 Å². The lowest BCUT2D eigenvalue weighted by Gasteiger charge is -2.38. The van der Waals surface area contributed by atoms with Crippen molar-refractivity contribution in [2.24, 2.45) is 11.8 Å². The molecule has 4 nitrogen and oxygen atoms in total. The monoisotopic (exact) mass is 368 g/mol. The van der Waals surface area contributed by atoms with Crippen LogP contribution in [0.15, 0.2) is 42.5 Å². The van der Waals surface area contributed by atoms with Crippen LogP contribution in [0, 0.1) is 11.8 Å². The van der Waals surface area contributed by atoms with E-state index in [1.54, 1.807) is 0 Å². The van der Waals surface area contributed by atoms with E-state index in [1.807, 2.05) is 30.0 Å². The highest BCUT2D eigenvalue weighted by atomic mass is 32.2. The van der Waals surface area contributed by atoms with E-state index >= 15 is 0 Å². The van der Waals surface area contributed by atoms with Crippen LogP contribution >= 0.6 is 11.8 Å².